The quantitative estimate of drug-likeness (QED) is 0.0533. The van der Waals surface area contributed by atoms with E-state index in [0.29, 0.717) is 0 Å². The Morgan fingerprint density at radius 3 is 0.909 bits per heavy atom. The summed E-state index contributed by atoms with van der Waals surface area (Å²) in [5, 5.41) is 1.16. The van der Waals surface area contributed by atoms with Crippen LogP contribution in [-0.4, -0.2) is 6.15 Å². The summed E-state index contributed by atoms with van der Waals surface area (Å²) in [6.07, 6.45) is -5.29. The Balaban J connectivity index is 0.000000254. The van der Waals surface area contributed by atoms with Crippen molar-refractivity contribution in [3.8, 4) is 16.9 Å². The Morgan fingerprint density at radius 1 is 0.303 bits per heavy atom. The molecular formula is C43H14BF20NO. The second-order valence-electron chi connectivity index (χ2n) is 13.8. The normalized spacial score (nSPS) is 11.6. The van der Waals surface area contributed by atoms with Gasteiger partial charge in [0, 0.05) is 16.9 Å². The summed E-state index contributed by atoms with van der Waals surface area (Å²) in [6, 6.07) is 26.7. The van der Waals surface area contributed by atoms with Crippen molar-refractivity contribution in [1.29, 1.82) is 0 Å². The molecule has 8 rings (SSSR count). The van der Waals surface area contributed by atoms with E-state index in [1.807, 2.05) is 47.3 Å². The highest BCUT2D eigenvalue weighted by Gasteiger charge is 2.52. The minimum absolute atomic E-state index is 0.845. The van der Waals surface area contributed by atoms with Gasteiger partial charge < -0.3 is 0 Å². The zero-order valence-corrected chi connectivity index (χ0v) is 31.6. The van der Waals surface area contributed by atoms with Gasteiger partial charge in [0.2, 0.25) is 11.9 Å². The van der Waals surface area contributed by atoms with Crippen molar-refractivity contribution in [1.82, 2.24) is 0 Å². The number of hydrogen-bond acceptors (Lipinski definition) is 1. The third kappa shape index (κ3) is 7.07. The molecule has 1 heterocycles. The van der Waals surface area contributed by atoms with Gasteiger partial charge >= 0.3 is 0 Å². The summed E-state index contributed by atoms with van der Waals surface area (Å²) in [5.41, 5.74) is -10.9. The zero-order chi connectivity index (χ0) is 48.4. The molecule has 66 heavy (non-hydrogen) atoms. The minimum Gasteiger partial charge on any atom is -0.231 e. The van der Waals surface area contributed by atoms with Crippen molar-refractivity contribution in [3.63, 3.8) is 0 Å². The van der Waals surface area contributed by atoms with Crippen molar-refractivity contribution in [2.45, 2.75) is 0 Å². The van der Waals surface area contributed by atoms with E-state index < -0.39 is 144 Å². The molecule has 0 spiro atoms. The number of para-hydroxylation sites is 1. The SMILES string of the molecule is Fc1c(F)c(F)c([B-](c2c(F)c(F)c(F)c(F)c2F)(c2c(F)c(F)c(F)c(F)c2F)c2c(F)c(F)c(F)c(F)c2F)c(F)c1F.c1ccc2cc(O[n+]3cccc4ccccc43)cc-2cc1. The van der Waals surface area contributed by atoms with Crippen LogP contribution in [0.2, 0.25) is 0 Å². The first-order chi connectivity index (χ1) is 31.1. The molecule has 0 saturated carbocycles. The van der Waals surface area contributed by atoms with Crippen LogP contribution in [0.25, 0.3) is 22.0 Å². The van der Waals surface area contributed by atoms with E-state index in [1.54, 1.807) is 0 Å². The van der Waals surface area contributed by atoms with Crippen molar-refractivity contribution in [2.24, 2.45) is 0 Å². The molecule has 6 aromatic rings. The fourth-order valence-electron chi connectivity index (χ4n) is 7.44. The molecule has 2 nitrogen and oxygen atoms in total. The Labute approximate surface area is 354 Å². The Morgan fingerprint density at radius 2 is 0.576 bits per heavy atom. The molecule has 5 aromatic carbocycles. The average molecular weight is 951 g/mol. The lowest BCUT2D eigenvalue weighted by molar-refractivity contribution is -0.854. The van der Waals surface area contributed by atoms with Crippen LogP contribution in [-0.2, 0) is 0 Å². The third-order valence-corrected chi connectivity index (χ3v) is 10.3. The molecule has 0 unspecified atom stereocenters. The van der Waals surface area contributed by atoms with Crippen molar-refractivity contribution >= 4 is 38.9 Å². The summed E-state index contributed by atoms with van der Waals surface area (Å²) in [7, 11) is 0. The van der Waals surface area contributed by atoms with Crippen molar-refractivity contribution < 1.29 is 97.4 Å². The number of aromatic nitrogens is 1. The van der Waals surface area contributed by atoms with Crippen LogP contribution in [0.3, 0.4) is 0 Å². The maximum atomic E-state index is 15.4. The molecule has 0 atom stereocenters. The molecule has 0 saturated heterocycles. The van der Waals surface area contributed by atoms with Crippen LogP contribution < -0.4 is 31.4 Å². The summed E-state index contributed by atoms with van der Waals surface area (Å²) < 4.78 is 296. The van der Waals surface area contributed by atoms with E-state index in [9.17, 15) is 52.7 Å². The van der Waals surface area contributed by atoms with Crippen molar-refractivity contribution in [2.75, 3.05) is 0 Å². The molecule has 0 fully saturated rings. The summed E-state index contributed by atoms with van der Waals surface area (Å²) >= 11 is 0. The van der Waals surface area contributed by atoms with Crippen LogP contribution >= 0.6 is 0 Å². The van der Waals surface area contributed by atoms with Gasteiger partial charge in [-0.1, -0.05) is 42.5 Å². The summed E-state index contributed by atoms with van der Waals surface area (Å²) in [5.74, 6) is -70.6. The van der Waals surface area contributed by atoms with Gasteiger partial charge in [0.05, 0.1) is 5.39 Å². The molecule has 2 aliphatic carbocycles. The molecule has 0 aliphatic heterocycles. The first-order valence-electron chi connectivity index (χ1n) is 17.9. The molecule has 0 bridgehead atoms. The summed E-state index contributed by atoms with van der Waals surface area (Å²) in [6.45, 7) is 0. The molecule has 0 radical (unpaired) electrons. The predicted molar refractivity (Wildman–Crippen MR) is 192 cm³/mol. The average Bonchev–Trinajstić information content (AvgIpc) is 3.55. The van der Waals surface area contributed by atoms with Crippen LogP contribution in [0.5, 0.6) is 5.75 Å². The zero-order valence-electron chi connectivity index (χ0n) is 31.6. The highest BCUT2D eigenvalue weighted by atomic mass is 19.2. The van der Waals surface area contributed by atoms with Crippen LogP contribution in [0.4, 0.5) is 87.8 Å². The first kappa shape index (κ1) is 46.7. The highest BCUT2D eigenvalue weighted by Crippen LogP contribution is 2.32. The molecule has 340 valence electrons. The maximum Gasteiger partial charge on any atom is 0.265 e. The fraction of sp³-hybridized carbons (Fsp3) is 0. The third-order valence-electron chi connectivity index (χ3n) is 10.3. The van der Waals surface area contributed by atoms with Gasteiger partial charge in [-0.3, -0.25) is 0 Å². The molecule has 0 N–H and O–H groups in total. The molecule has 23 heteroatoms. The monoisotopic (exact) mass is 951 g/mol. The fourth-order valence-corrected chi connectivity index (χ4v) is 7.44. The van der Waals surface area contributed by atoms with E-state index in [4.69, 9.17) is 4.84 Å². The van der Waals surface area contributed by atoms with Gasteiger partial charge in [0.15, 0.2) is 69.8 Å². The second-order valence-corrected chi connectivity index (χ2v) is 13.8. The van der Waals surface area contributed by atoms with E-state index in [-0.39, 0.29) is 0 Å². The second kappa shape index (κ2) is 17.2. The van der Waals surface area contributed by atoms with Crippen LogP contribution in [0.1, 0.15) is 0 Å². The van der Waals surface area contributed by atoms with Crippen LogP contribution in [0, 0.1) is 116 Å². The van der Waals surface area contributed by atoms with Gasteiger partial charge in [0.25, 0.3) is 5.52 Å². The predicted octanol–water partition coefficient (Wildman–Crippen LogP) is 9.92. The van der Waals surface area contributed by atoms with E-state index in [2.05, 4.69) is 42.5 Å². The molecule has 2 aliphatic rings. The van der Waals surface area contributed by atoms with Gasteiger partial charge in [-0.15, -0.1) is 21.9 Å². The number of halogens is 20. The van der Waals surface area contributed by atoms with E-state index in [0.717, 1.165) is 16.7 Å². The highest BCUT2D eigenvalue weighted by molar-refractivity contribution is 7.20. The lowest BCUT2D eigenvalue weighted by atomic mass is 9.12. The van der Waals surface area contributed by atoms with Gasteiger partial charge in [-0.05, 0) is 35.4 Å². The lowest BCUT2D eigenvalue weighted by Gasteiger charge is -2.44. The number of fused-ring (bicyclic) bond motifs is 2. The number of nitrogens with zero attached hydrogens (tertiary/aromatic N) is 1. The minimum atomic E-state index is -7.22. The van der Waals surface area contributed by atoms with Gasteiger partial charge in [-0.25, -0.2) is 92.6 Å². The topological polar surface area (TPSA) is 13.1 Å². The number of rotatable bonds is 6. The number of benzene rings is 5. The van der Waals surface area contributed by atoms with Crippen LogP contribution in [0.15, 0.2) is 85.1 Å². The molecule has 0 amide bonds. The molecule has 1 aromatic heterocycles. The molecular weight excluding hydrogens is 937 g/mol. The van der Waals surface area contributed by atoms with Crippen molar-refractivity contribution in [3.05, 3.63) is 201 Å². The Hall–Kier alpha value is -7.33. The van der Waals surface area contributed by atoms with Gasteiger partial charge in [0.1, 0.15) is 52.7 Å². The van der Waals surface area contributed by atoms with E-state index in [1.165, 1.54) is 11.1 Å². The maximum absolute atomic E-state index is 15.4. The Bertz CT molecular complexity index is 2840. The number of hydrogen-bond donors (Lipinski definition) is 0. The largest absolute Gasteiger partial charge is 0.265 e. The standard InChI is InChI=1S/C24BF20.C19H14NO/c26-5-1(6(27)14(35)21(42)13(5)34)25(2-7(28)15(36)22(43)16(37)8(2)29,3-9(30)17(38)23(44)18(39)10(3)31)4-11(32)19(40)24(45)20(41)12(4)33;1-2-8-16-13-18(14-17(16)9-3-1)21-20-12-6-10-15-7-4-5-11-19(15)20/h;1-14H/q-1;+1. The lowest BCUT2D eigenvalue weighted by Crippen LogP contribution is -2.81. The summed E-state index contributed by atoms with van der Waals surface area (Å²) in [4.78, 5) is 6.02. The van der Waals surface area contributed by atoms with E-state index >= 15 is 35.1 Å². The first-order valence-corrected chi connectivity index (χ1v) is 17.9. The smallest absolute Gasteiger partial charge is 0.231 e. The Kier molecular flexibility index (Phi) is 12.2. The van der Waals surface area contributed by atoms with Gasteiger partial charge in [-0.2, -0.15) is 0 Å². The number of pyridine rings is 1.